The fraction of sp³-hybridized carbons (Fsp3) is 0.421. The van der Waals surface area contributed by atoms with Crippen molar-refractivity contribution in [1.82, 2.24) is 24.2 Å². The summed E-state index contributed by atoms with van der Waals surface area (Å²) < 4.78 is 3.87. The highest BCUT2D eigenvalue weighted by atomic mass is 16.2. The minimum absolute atomic E-state index is 0.0191. The molecule has 1 aromatic carbocycles. The van der Waals surface area contributed by atoms with Crippen molar-refractivity contribution in [2.24, 2.45) is 14.1 Å². The van der Waals surface area contributed by atoms with Crippen molar-refractivity contribution < 1.29 is 4.79 Å². The Labute approximate surface area is 152 Å². The lowest BCUT2D eigenvalue weighted by molar-refractivity contribution is -0.117. The second-order valence-electron chi connectivity index (χ2n) is 7.01. The number of carbonyl (C=O) groups is 1. The molecule has 0 radical (unpaired) electrons. The molecule has 4 rings (SSSR count). The number of anilines is 1. The third kappa shape index (κ3) is 3.35. The number of hydrogen-bond donors (Lipinski definition) is 1. The summed E-state index contributed by atoms with van der Waals surface area (Å²) in [4.78, 5) is 19.4. The van der Waals surface area contributed by atoms with Crippen LogP contribution in [-0.2, 0) is 18.9 Å². The molecule has 3 aromatic rings. The van der Waals surface area contributed by atoms with E-state index in [4.69, 9.17) is 4.98 Å². The number of likely N-dealkylation sites (tertiary alicyclic amines) is 1. The summed E-state index contributed by atoms with van der Waals surface area (Å²) in [6.07, 6.45) is 4.00. The first-order chi connectivity index (χ1) is 12.6. The maximum Gasteiger partial charge on any atom is 0.239 e. The first-order valence-electron chi connectivity index (χ1n) is 9.03. The van der Waals surface area contributed by atoms with Crippen LogP contribution in [0, 0.1) is 0 Å². The predicted octanol–water partition coefficient (Wildman–Crippen LogP) is 2.12. The SMILES string of the molecule is Cn1ccc(NC(=O)CN2CCCC(c3nc4ccccc4n3C)C2)n1. The van der Waals surface area contributed by atoms with Crippen LogP contribution < -0.4 is 5.32 Å². The molecule has 7 nitrogen and oxygen atoms in total. The number of hydrogen-bond acceptors (Lipinski definition) is 4. The van der Waals surface area contributed by atoms with Crippen molar-refractivity contribution >= 4 is 22.8 Å². The maximum absolute atomic E-state index is 12.3. The van der Waals surface area contributed by atoms with E-state index in [0.717, 1.165) is 42.8 Å². The number of nitrogens with one attached hydrogen (secondary N) is 1. The molecule has 1 aliphatic rings. The van der Waals surface area contributed by atoms with Crippen LogP contribution in [0.25, 0.3) is 11.0 Å². The number of nitrogens with zero attached hydrogens (tertiary/aromatic N) is 5. The molecule has 136 valence electrons. The molecule has 1 saturated heterocycles. The number of carbonyl (C=O) groups excluding carboxylic acids is 1. The molecule has 0 bridgehead atoms. The van der Waals surface area contributed by atoms with Crippen molar-refractivity contribution in [2.75, 3.05) is 25.0 Å². The Bertz CT molecular complexity index is 927. The first-order valence-corrected chi connectivity index (χ1v) is 9.03. The molecule has 0 saturated carbocycles. The number of fused-ring (bicyclic) bond motifs is 1. The summed E-state index contributed by atoms with van der Waals surface area (Å²) >= 11 is 0. The molecular formula is C19H24N6O. The third-order valence-corrected chi connectivity index (χ3v) is 5.04. The molecule has 1 unspecified atom stereocenters. The quantitative estimate of drug-likeness (QED) is 0.781. The van der Waals surface area contributed by atoms with Crippen LogP contribution in [0.2, 0.25) is 0 Å². The van der Waals surface area contributed by atoms with E-state index in [1.54, 1.807) is 10.7 Å². The van der Waals surface area contributed by atoms with Gasteiger partial charge in [-0.1, -0.05) is 12.1 Å². The number of rotatable bonds is 4. The molecule has 1 N–H and O–H groups in total. The lowest BCUT2D eigenvalue weighted by Crippen LogP contribution is -2.40. The lowest BCUT2D eigenvalue weighted by Gasteiger charge is -2.31. The minimum atomic E-state index is -0.0191. The van der Waals surface area contributed by atoms with Crippen molar-refractivity contribution in [3.8, 4) is 0 Å². The molecule has 3 heterocycles. The van der Waals surface area contributed by atoms with Crippen LogP contribution in [0.4, 0.5) is 5.82 Å². The Hall–Kier alpha value is -2.67. The topological polar surface area (TPSA) is 68.0 Å². The maximum atomic E-state index is 12.3. The molecule has 2 aromatic heterocycles. The molecule has 7 heteroatoms. The zero-order valence-electron chi connectivity index (χ0n) is 15.2. The van der Waals surface area contributed by atoms with Crippen LogP contribution in [0.15, 0.2) is 36.5 Å². The van der Waals surface area contributed by atoms with E-state index in [2.05, 4.69) is 39.1 Å². The lowest BCUT2D eigenvalue weighted by atomic mass is 9.97. The Morgan fingerprint density at radius 1 is 1.27 bits per heavy atom. The van der Waals surface area contributed by atoms with Gasteiger partial charge in [0.1, 0.15) is 5.82 Å². The highest BCUT2D eigenvalue weighted by molar-refractivity contribution is 5.91. The molecule has 1 amide bonds. The van der Waals surface area contributed by atoms with Gasteiger partial charge in [-0.15, -0.1) is 0 Å². The molecule has 1 fully saturated rings. The summed E-state index contributed by atoms with van der Waals surface area (Å²) in [6, 6.07) is 10.0. The largest absolute Gasteiger partial charge is 0.331 e. The van der Waals surface area contributed by atoms with Crippen LogP contribution in [0.5, 0.6) is 0 Å². The summed E-state index contributed by atoms with van der Waals surface area (Å²) in [5, 5.41) is 7.06. The van der Waals surface area contributed by atoms with Gasteiger partial charge in [0, 0.05) is 38.8 Å². The standard InChI is InChI=1S/C19H24N6O/c1-23-11-9-17(22-23)21-18(26)13-25-10-5-6-14(12-25)19-20-15-7-3-4-8-16(15)24(19)2/h3-4,7-9,11,14H,5-6,10,12-13H2,1-2H3,(H,21,22,26). The van der Waals surface area contributed by atoms with Gasteiger partial charge >= 0.3 is 0 Å². The summed E-state index contributed by atoms with van der Waals surface area (Å²) in [6.45, 7) is 2.18. The highest BCUT2D eigenvalue weighted by Gasteiger charge is 2.26. The van der Waals surface area contributed by atoms with Gasteiger partial charge in [-0.3, -0.25) is 14.4 Å². The number of imidazole rings is 1. The van der Waals surface area contributed by atoms with Crippen LogP contribution in [-0.4, -0.2) is 49.8 Å². The van der Waals surface area contributed by atoms with E-state index in [1.165, 1.54) is 0 Å². The number of para-hydroxylation sites is 2. The van der Waals surface area contributed by atoms with Gasteiger partial charge in [0.2, 0.25) is 5.91 Å². The molecule has 0 spiro atoms. The Kier molecular flexibility index (Phi) is 4.46. The molecule has 1 atom stereocenters. The van der Waals surface area contributed by atoms with E-state index in [9.17, 15) is 4.79 Å². The second kappa shape index (κ2) is 6.92. The normalized spacial score (nSPS) is 18.3. The number of benzene rings is 1. The van der Waals surface area contributed by atoms with Gasteiger partial charge in [-0.05, 0) is 31.5 Å². The molecule has 1 aliphatic heterocycles. The minimum Gasteiger partial charge on any atom is -0.331 e. The van der Waals surface area contributed by atoms with E-state index >= 15 is 0 Å². The smallest absolute Gasteiger partial charge is 0.239 e. The van der Waals surface area contributed by atoms with Crippen molar-refractivity contribution in [3.05, 3.63) is 42.4 Å². The average Bonchev–Trinajstić information content (AvgIpc) is 3.19. The van der Waals surface area contributed by atoms with Crippen LogP contribution in [0.1, 0.15) is 24.6 Å². The number of piperidine rings is 1. The van der Waals surface area contributed by atoms with E-state index in [-0.39, 0.29) is 5.91 Å². The van der Waals surface area contributed by atoms with Gasteiger partial charge in [-0.25, -0.2) is 4.98 Å². The number of amides is 1. The van der Waals surface area contributed by atoms with Crippen LogP contribution >= 0.6 is 0 Å². The summed E-state index contributed by atoms with van der Waals surface area (Å²) in [7, 11) is 3.92. The molecule has 0 aliphatic carbocycles. The van der Waals surface area contributed by atoms with Crippen molar-refractivity contribution in [1.29, 1.82) is 0 Å². The zero-order valence-corrected chi connectivity index (χ0v) is 15.2. The van der Waals surface area contributed by atoms with Crippen LogP contribution in [0.3, 0.4) is 0 Å². The molecular weight excluding hydrogens is 328 g/mol. The summed E-state index contributed by atoms with van der Waals surface area (Å²) in [5.41, 5.74) is 2.20. The second-order valence-corrected chi connectivity index (χ2v) is 7.01. The number of aryl methyl sites for hydroxylation is 2. The summed E-state index contributed by atoms with van der Waals surface area (Å²) in [5.74, 6) is 2.04. The van der Waals surface area contributed by atoms with Gasteiger partial charge < -0.3 is 9.88 Å². The fourth-order valence-electron chi connectivity index (χ4n) is 3.81. The van der Waals surface area contributed by atoms with E-state index < -0.39 is 0 Å². The van der Waals surface area contributed by atoms with E-state index in [1.807, 2.05) is 25.4 Å². The number of aromatic nitrogens is 4. The van der Waals surface area contributed by atoms with Gasteiger partial charge in [0.25, 0.3) is 0 Å². The van der Waals surface area contributed by atoms with Crippen molar-refractivity contribution in [3.63, 3.8) is 0 Å². The van der Waals surface area contributed by atoms with E-state index in [0.29, 0.717) is 18.3 Å². The Morgan fingerprint density at radius 2 is 2.12 bits per heavy atom. The molecule has 26 heavy (non-hydrogen) atoms. The van der Waals surface area contributed by atoms with Crippen molar-refractivity contribution in [2.45, 2.75) is 18.8 Å². The van der Waals surface area contributed by atoms with Gasteiger partial charge in [0.05, 0.1) is 17.6 Å². The highest BCUT2D eigenvalue weighted by Crippen LogP contribution is 2.28. The Balaban J connectivity index is 1.43. The first kappa shape index (κ1) is 16.8. The monoisotopic (exact) mass is 352 g/mol. The average molecular weight is 352 g/mol. The predicted molar refractivity (Wildman–Crippen MR) is 101 cm³/mol. The fourth-order valence-corrected chi connectivity index (χ4v) is 3.81. The zero-order chi connectivity index (χ0) is 18.1. The van der Waals surface area contributed by atoms with Gasteiger partial charge in [0.15, 0.2) is 5.82 Å². The van der Waals surface area contributed by atoms with Gasteiger partial charge in [-0.2, -0.15) is 5.10 Å². The Morgan fingerprint density at radius 3 is 2.88 bits per heavy atom. The third-order valence-electron chi connectivity index (χ3n) is 5.04.